The van der Waals surface area contributed by atoms with Crippen LogP contribution in [0.5, 0.6) is 11.5 Å². The molecule has 0 amide bonds. The molecule has 2 aromatic carbocycles. The Labute approximate surface area is 116 Å². The monoisotopic (exact) mass is 274 g/mol. The normalized spacial score (nSPS) is 9.90. The number of anilines is 2. The maximum atomic E-state index is 10.7. The zero-order valence-corrected chi connectivity index (χ0v) is 11.1. The number of benzene rings is 2. The quantitative estimate of drug-likeness (QED) is 0.668. The minimum absolute atomic E-state index is 0.0375. The van der Waals surface area contributed by atoms with Crippen LogP contribution in [-0.2, 0) is 0 Å². The Hall–Kier alpha value is -2.76. The van der Waals surface area contributed by atoms with Gasteiger partial charge in [-0.1, -0.05) is 6.07 Å². The lowest BCUT2D eigenvalue weighted by Gasteiger charge is -2.11. The maximum absolute atomic E-state index is 10.7. The minimum atomic E-state index is -0.431. The molecule has 104 valence electrons. The highest BCUT2D eigenvalue weighted by molar-refractivity contribution is 5.65. The summed E-state index contributed by atoms with van der Waals surface area (Å²) in [7, 11) is 3.11. The van der Waals surface area contributed by atoms with Crippen molar-refractivity contribution in [3.05, 3.63) is 52.6 Å². The standard InChI is InChI=1S/C14H14N2O4/c1-19-13-7-6-11(9-14(13)20-2)15-10-4-3-5-12(8-10)16(17)18/h3-9,15H,1-2H3. The fraction of sp³-hybridized carbons (Fsp3) is 0.143. The lowest BCUT2D eigenvalue weighted by atomic mass is 10.2. The molecule has 1 N–H and O–H groups in total. The van der Waals surface area contributed by atoms with Crippen molar-refractivity contribution in [1.29, 1.82) is 0 Å². The van der Waals surface area contributed by atoms with E-state index >= 15 is 0 Å². The van der Waals surface area contributed by atoms with Crippen LogP contribution in [0.4, 0.5) is 17.1 Å². The van der Waals surface area contributed by atoms with Crippen LogP contribution in [-0.4, -0.2) is 19.1 Å². The lowest BCUT2D eigenvalue weighted by Crippen LogP contribution is -1.95. The maximum Gasteiger partial charge on any atom is 0.271 e. The first-order valence-corrected chi connectivity index (χ1v) is 5.87. The molecular formula is C14H14N2O4. The molecule has 0 heterocycles. The summed E-state index contributed by atoms with van der Waals surface area (Å²) in [6.45, 7) is 0. The molecule has 0 bridgehead atoms. The molecule has 0 unspecified atom stereocenters. The molecule has 2 aromatic rings. The number of hydrogen-bond donors (Lipinski definition) is 1. The molecule has 0 saturated heterocycles. The van der Waals surface area contributed by atoms with Gasteiger partial charge in [0.15, 0.2) is 11.5 Å². The van der Waals surface area contributed by atoms with E-state index in [-0.39, 0.29) is 5.69 Å². The molecule has 0 aliphatic carbocycles. The Morgan fingerprint density at radius 1 is 1.00 bits per heavy atom. The van der Waals surface area contributed by atoms with Gasteiger partial charge in [-0.05, 0) is 18.2 Å². The second-order valence-electron chi connectivity index (χ2n) is 4.00. The van der Waals surface area contributed by atoms with E-state index in [4.69, 9.17) is 9.47 Å². The number of hydrogen-bond acceptors (Lipinski definition) is 5. The van der Waals surface area contributed by atoms with Gasteiger partial charge in [0.1, 0.15) is 0 Å². The van der Waals surface area contributed by atoms with Crippen molar-refractivity contribution in [3.8, 4) is 11.5 Å². The summed E-state index contributed by atoms with van der Waals surface area (Å²) in [6, 6.07) is 11.6. The fourth-order valence-electron chi connectivity index (χ4n) is 1.78. The third kappa shape index (κ3) is 2.97. The van der Waals surface area contributed by atoms with Crippen LogP contribution in [0.3, 0.4) is 0 Å². The first-order valence-electron chi connectivity index (χ1n) is 5.87. The Balaban J connectivity index is 2.25. The van der Waals surface area contributed by atoms with E-state index in [1.54, 1.807) is 44.6 Å². The van der Waals surface area contributed by atoms with Crippen LogP contribution in [0.2, 0.25) is 0 Å². The molecule has 20 heavy (non-hydrogen) atoms. The number of nitrogens with zero attached hydrogens (tertiary/aromatic N) is 1. The molecular weight excluding hydrogens is 260 g/mol. The molecule has 0 radical (unpaired) electrons. The van der Waals surface area contributed by atoms with E-state index < -0.39 is 4.92 Å². The zero-order valence-electron chi connectivity index (χ0n) is 11.1. The van der Waals surface area contributed by atoms with Crippen molar-refractivity contribution in [2.75, 3.05) is 19.5 Å². The summed E-state index contributed by atoms with van der Waals surface area (Å²) in [5.41, 5.74) is 1.42. The molecule has 0 spiro atoms. The van der Waals surface area contributed by atoms with Crippen molar-refractivity contribution in [2.45, 2.75) is 0 Å². The molecule has 6 heteroatoms. The number of nitro benzene ring substituents is 1. The van der Waals surface area contributed by atoms with Crippen molar-refractivity contribution in [2.24, 2.45) is 0 Å². The van der Waals surface area contributed by atoms with E-state index in [0.29, 0.717) is 17.2 Å². The highest BCUT2D eigenvalue weighted by Crippen LogP contribution is 2.31. The average Bonchev–Trinajstić information content (AvgIpc) is 2.47. The topological polar surface area (TPSA) is 73.6 Å². The number of methoxy groups -OCH3 is 2. The molecule has 0 fully saturated rings. The largest absolute Gasteiger partial charge is 0.493 e. The predicted molar refractivity (Wildman–Crippen MR) is 75.9 cm³/mol. The van der Waals surface area contributed by atoms with E-state index in [1.807, 2.05) is 0 Å². The third-order valence-corrected chi connectivity index (χ3v) is 2.73. The predicted octanol–water partition coefficient (Wildman–Crippen LogP) is 3.36. The van der Waals surface area contributed by atoms with Gasteiger partial charge in [-0.15, -0.1) is 0 Å². The van der Waals surface area contributed by atoms with Gasteiger partial charge in [0.25, 0.3) is 5.69 Å². The van der Waals surface area contributed by atoms with Gasteiger partial charge in [-0.2, -0.15) is 0 Å². The molecule has 6 nitrogen and oxygen atoms in total. The van der Waals surface area contributed by atoms with Gasteiger partial charge in [-0.3, -0.25) is 10.1 Å². The third-order valence-electron chi connectivity index (χ3n) is 2.73. The van der Waals surface area contributed by atoms with Crippen LogP contribution in [0.15, 0.2) is 42.5 Å². The fourth-order valence-corrected chi connectivity index (χ4v) is 1.78. The second-order valence-corrected chi connectivity index (χ2v) is 4.00. The highest BCUT2D eigenvalue weighted by atomic mass is 16.6. The SMILES string of the molecule is COc1ccc(Nc2cccc([N+](=O)[O-])c2)cc1OC. The number of rotatable bonds is 5. The van der Waals surface area contributed by atoms with Crippen molar-refractivity contribution in [1.82, 2.24) is 0 Å². The minimum Gasteiger partial charge on any atom is -0.493 e. The van der Waals surface area contributed by atoms with Gasteiger partial charge in [0.2, 0.25) is 0 Å². The average molecular weight is 274 g/mol. The number of non-ortho nitro benzene ring substituents is 1. The summed E-state index contributed by atoms with van der Waals surface area (Å²) in [5, 5.41) is 13.8. The molecule has 2 rings (SSSR count). The van der Waals surface area contributed by atoms with E-state index in [0.717, 1.165) is 5.69 Å². The first-order chi connectivity index (χ1) is 9.63. The van der Waals surface area contributed by atoms with E-state index in [1.165, 1.54) is 12.1 Å². The Bertz CT molecular complexity index is 628. The smallest absolute Gasteiger partial charge is 0.271 e. The van der Waals surface area contributed by atoms with Crippen LogP contribution < -0.4 is 14.8 Å². The van der Waals surface area contributed by atoms with Gasteiger partial charge >= 0.3 is 0 Å². The van der Waals surface area contributed by atoms with Crippen LogP contribution >= 0.6 is 0 Å². The van der Waals surface area contributed by atoms with Gasteiger partial charge in [-0.25, -0.2) is 0 Å². The summed E-state index contributed by atoms with van der Waals surface area (Å²) in [6.07, 6.45) is 0. The molecule has 0 aromatic heterocycles. The molecule has 0 aliphatic heterocycles. The highest BCUT2D eigenvalue weighted by Gasteiger charge is 2.07. The summed E-state index contributed by atoms with van der Waals surface area (Å²) in [4.78, 5) is 10.3. The van der Waals surface area contributed by atoms with Gasteiger partial charge in [0, 0.05) is 29.6 Å². The zero-order chi connectivity index (χ0) is 14.5. The second kappa shape index (κ2) is 5.92. The number of ether oxygens (including phenoxy) is 2. The first kappa shape index (κ1) is 13.7. The number of nitrogens with one attached hydrogen (secondary N) is 1. The summed E-state index contributed by atoms with van der Waals surface area (Å²) in [5.74, 6) is 1.21. The van der Waals surface area contributed by atoms with E-state index in [9.17, 15) is 10.1 Å². The Morgan fingerprint density at radius 2 is 1.70 bits per heavy atom. The molecule has 0 atom stereocenters. The molecule has 0 aliphatic rings. The lowest BCUT2D eigenvalue weighted by molar-refractivity contribution is -0.384. The van der Waals surface area contributed by atoms with Gasteiger partial charge < -0.3 is 14.8 Å². The van der Waals surface area contributed by atoms with Crippen LogP contribution in [0.1, 0.15) is 0 Å². The van der Waals surface area contributed by atoms with Crippen LogP contribution in [0.25, 0.3) is 0 Å². The van der Waals surface area contributed by atoms with Crippen molar-refractivity contribution >= 4 is 17.1 Å². The number of nitro groups is 1. The molecule has 0 saturated carbocycles. The van der Waals surface area contributed by atoms with Gasteiger partial charge in [0.05, 0.1) is 19.1 Å². The van der Waals surface area contributed by atoms with Crippen molar-refractivity contribution in [3.63, 3.8) is 0 Å². The summed E-state index contributed by atoms with van der Waals surface area (Å²) < 4.78 is 10.4. The summed E-state index contributed by atoms with van der Waals surface area (Å²) >= 11 is 0. The Kier molecular flexibility index (Phi) is 4.05. The van der Waals surface area contributed by atoms with Crippen molar-refractivity contribution < 1.29 is 14.4 Å². The Morgan fingerprint density at radius 3 is 2.35 bits per heavy atom. The van der Waals surface area contributed by atoms with Crippen LogP contribution in [0, 0.1) is 10.1 Å². The van der Waals surface area contributed by atoms with E-state index in [2.05, 4.69) is 5.32 Å².